The van der Waals surface area contributed by atoms with Crippen molar-refractivity contribution < 1.29 is 23.4 Å². The summed E-state index contributed by atoms with van der Waals surface area (Å²) >= 11 is 0. The Morgan fingerprint density at radius 3 is 2.13 bits per heavy atom. The second kappa shape index (κ2) is 10.5. The first-order chi connectivity index (χ1) is 15.0. The molecule has 8 heteroatoms. The van der Waals surface area contributed by atoms with Gasteiger partial charge in [-0.2, -0.15) is 0 Å². The molecule has 0 aliphatic rings. The maximum Gasteiger partial charge on any atom is 0.322 e. The number of carbonyl (C=O) groups excluding carboxylic acids is 1. The van der Waals surface area contributed by atoms with Crippen molar-refractivity contribution in [2.24, 2.45) is 0 Å². The van der Waals surface area contributed by atoms with Crippen molar-refractivity contribution in [2.75, 3.05) is 25.1 Å². The highest BCUT2D eigenvalue weighted by Crippen LogP contribution is 2.39. The summed E-state index contributed by atoms with van der Waals surface area (Å²) in [6.45, 7) is 8.89. The number of benzene rings is 2. The van der Waals surface area contributed by atoms with E-state index >= 15 is 0 Å². The van der Waals surface area contributed by atoms with Crippen molar-refractivity contribution in [1.29, 1.82) is 0 Å². The standard InChI is InChI=1S/C23H27N3O5/c1-5-28-18-13-17(14-19(29-6-2)21(18)30-7-3)22(27)24-23-26-25-20(31-23)12-16-10-8-15(4)9-11-16/h8-11,13-14H,5-7,12H2,1-4H3,(H,24,26,27). The number of carbonyl (C=O) groups is 1. The van der Waals surface area contributed by atoms with Gasteiger partial charge in [0.05, 0.1) is 26.2 Å². The first kappa shape index (κ1) is 22.1. The summed E-state index contributed by atoms with van der Waals surface area (Å²) in [7, 11) is 0. The van der Waals surface area contributed by atoms with E-state index in [1.165, 1.54) is 5.56 Å². The zero-order chi connectivity index (χ0) is 22.2. The molecule has 0 spiro atoms. The van der Waals surface area contributed by atoms with Crippen molar-refractivity contribution in [2.45, 2.75) is 34.1 Å². The Labute approximate surface area is 181 Å². The van der Waals surface area contributed by atoms with Crippen LogP contribution in [0.2, 0.25) is 0 Å². The second-order valence-electron chi connectivity index (χ2n) is 6.72. The molecule has 164 valence electrons. The predicted octanol–water partition coefficient (Wildman–Crippen LogP) is 4.42. The average molecular weight is 425 g/mol. The van der Waals surface area contributed by atoms with E-state index in [1.54, 1.807) is 12.1 Å². The Morgan fingerprint density at radius 1 is 0.935 bits per heavy atom. The van der Waals surface area contributed by atoms with Gasteiger partial charge in [0.2, 0.25) is 11.6 Å². The topological polar surface area (TPSA) is 95.7 Å². The fraction of sp³-hybridized carbons (Fsp3) is 0.348. The number of hydrogen-bond acceptors (Lipinski definition) is 7. The monoisotopic (exact) mass is 425 g/mol. The molecule has 1 aromatic heterocycles. The highest BCUT2D eigenvalue weighted by molar-refractivity contribution is 6.04. The lowest BCUT2D eigenvalue weighted by molar-refractivity contribution is 0.102. The summed E-state index contributed by atoms with van der Waals surface area (Å²) in [6, 6.07) is 11.3. The second-order valence-corrected chi connectivity index (χ2v) is 6.72. The molecule has 0 aliphatic heterocycles. The van der Waals surface area contributed by atoms with E-state index < -0.39 is 5.91 Å². The van der Waals surface area contributed by atoms with E-state index in [0.29, 0.717) is 54.9 Å². The van der Waals surface area contributed by atoms with Gasteiger partial charge in [0.15, 0.2) is 11.5 Å². The minimum absolute atomic E-state index is 0.0249. The maximum absolute atomic E-state index is 12.8. The van der Waals surface area contributed by atoms with Crippen LogP contribution in [0.5, 0.6) is 17.2 Å². The molecular weight excluding hydrogens is 398 g/mol. The van der Waals surface area contributed by atoms with Crippen LogP contribution in [-0.4, -0.2) is 35.9 Å². The maximum atomic E-state index is 12.8. The third kappa shape index (κ3) is 5.75. The average Bonchev–Trinajstić information content (AvgIpc) is 3.19. The smallest absolute Gasteiger partial charge is 0.322 e. The fourth-order valence-electron chi connectivity index (χ4n) is 2.95. The Kier molecular flexibility index (Phi) is 7.48. The van der Waals surface area contributed by atoms with Crippen LogP contribution >= 0.6 is 0 Å². The van der Waals surface area contributed by atoms with E-state index in [9.17, 15) is 4.79 Å². The zero-order valence-electron chi connectivity index (χ0n) is 18.2. The van der Waals surface area contributed by atoms with Crippen LogP contribution in [0.3, 0.4) is 0 Å². The minimum Gasteiger partial charge on any atom is -0.490 e. The summed E-state index contributed by atoms with van der Waals surface area (Å²) in [5.74, 6) is 1.34. The number of amides is 1. The van der Waals surface area contributed by atoms with Crippen LogP contribution in [0.15, 0.2) is 40.8 Å². The number of ether oxygens (including phenoxy) is 3. The summed E-state index contributed by atoms with van der Waals surface area (Å²) in [5.41, 5.74) is 2.55. The fourth-order valence-corrected chi connectivity index (χ4v) is 2.95. The van der Waals surface area contributed by atoms with Gasteiger partial charge in [-0.3, -0.25) is 10.1 Å². The van der Waals surface area contributed by atoms with Crippen LogP contribution < -0.4 is 19.5 Å². The van der Waals surface area contributed by atoms with Crippen LogP contribution in [-0.2, 0) is 6.42 Å². The Hall–Kier alpha value is -3.55. The van der Waals surface area contributed by atoms with Gasteiger partial charge < -0.3 is 18.6 Å². The number of nitrogens with one attached hydrogen (secondary N) is 1. The Balaban J connectivity index is 1.78. The van der Waals surface area contributed by atoms with Gasteiger partial charge in [0.25, 0.3) is 5.91 Å². The van der Waals surface area contributed by atoms with Gasteiger partial charge in [0, 0.05) is 5.56 Å². The number of nitrogens with zero attached hydrogens (tertiary/aromatic N) is 2. The summed E-state index contributed by atoms with van der Waals surface area (Å²) in [5, 5.41) is 10.6. The first-order valence-electron chi connectivity index (χ1n) is 10.3. The lowest BCUT2D eigenvalue weighted by atomic mass is 10.1. The molecule has 2 aromatic carbocycles. The first-order valence-corrected chi connectivity index (χ1v) is 10.3. The van der Waals surface area contributed by atoms with Crippen molar-refractivity contribution in [1.82, 2.24) is 10.2 Å². The van der Waals surface area contributed by atoms with E-state index in [-0.39, 0.29) is 6.01 Å². The lowest BCUT2D eigenvalue weighted by Gasteiger charge is -2.16. The van der Waals surface area contributed by atoms with Gasteiger partial charge >= 0.3 is 6.01 Å². The predicted molar refractivity (Wildman–Crippen MR) is 116 cm³/mol. The van der Waals surface area contributed by atoms with Crippen LogP contribution in [0.25, 0.3) is 0 Å². The van der Waals surface area contributed by atoms with Crippen molar-refractivity contribution in [3.05, 3.63) is 59.0 Å². The third-order valence-electron chi connectivity index (χ3n) is 4.33. The van der Waals surface area contributed by atoms with Gasteiger partial charge in [-0.15, -0.1) is 5.10 Å². The molecule has 0 fully saturated rings. The summed E-state index contributed by atoms with van der Waals surface area (Å²) in [6.07, 6.45) is 0.481. The van der Waals surface area contributed by atoms with Crippen molar-refractivity contribution >= 4 is 11.9 Å². The molecule has 0 bridgehead atoms. The number of rotatable bonds is 10. The van der Waals surface area contributed by atoms with Gasteiger partial charge in [-0.05, 0) is 45.4 Å². The summed E-state index contributed by atoms with van der Waals surface area (Å²) in [4.78, 5) is 12.8. The quantitative estimate of drug-likeness (QED) is 0.514. The van der Waals surface area contributed by atoms with Crippen LogP contribution in [0, 0.1) is 6.92 Å². The van der Waals surface area contributed by atoms with Gasteiger partial charge in [-0.25, -0.2) is 0 Å². The third-order valence-corrected chi connectivity index (χ3v) is 4.33. The number of hydrogen-bond donors (Lipinski definition) is 1. The molecule has 1 heterocycles. The molecule has 1 N–H and O–H groups in total. The van der Waals surface area contributed by atoms with Gasteiger partial charge in [-0.1, -0.05) is 34.9 Å². The van der Waals surface area contributed by atoms with Crippen molar-refractivity contribution in [3.8, 4) is 17.2 Å². The van der Waals surface area contributed by atoms with E-state index in [4.69, 9.17) is 18.6 Å². The molecule has 0 radical (unpaired) electrons. The van der Waals surface area contributed by atoms with E-state index in [2.05, 4.69) is 15.5 Å². The van der Waals surface area contributed by atoms with Crippen LogP contribution in [0.4, 0.5) is 6.01 Å². The SMILES string of the molecule is CCOc1cc(C(=O)Nc2nnc(Cc3ccc(C)cc3)o2)cc(OCC)c1OCC. The molecule has 0 unspecified atom stereocenters. The van der Waals surface area contributed by atoms with Crippen molar-refractivity contribution in [3.63, 3.8) is 0 Å². The molecule has 0 aliphatic carbocycles. The molecule has 8 nitrogen and oxygen atoms in total. The minimum atomic E-state index is -0.421. The molecule has 31 heavy (non-hydrogen) atoms. The largest absolute Gasteiger partial charge is 0.490 e. The highest BCUT2D eigenvalue weighted by Gasteiger charge is 2.20. The lowest BCUT2D eigenvalue weighted by Crippen LogP contribution is -2.13. The molecule has 3 rings (SSSR count). The summed E-state index contributed by atoms with van der Waals surface area (Å²) < 4.78 is 22.6. The molecule has 0 saturated carbocycles. The van der Waals surface area contributed by atoms with Crippen LogP contribution in [0.1, 0.15) is 48.1 Å². The molecule has 3 aromatic rings. The Morgan fingerprint density at radius 2 is 1.55 bits per heavy atom. The molecule has 1 amide bonds. The molecule has 0 saturated heterocycles. The normalized spacial score (nSPS) is 10.6. The number of anilines is 1. The number of aromatic nitrogens is 2. The van der Waals surface area contributed by atoms with Gasteiger partial charge in [0.1, 0.15) is 0 Å². The molecular formula is C23H27N3O5. The highest BCUT2D eigenvalue weighted by atomic mass is 16.5. The van der Waals surface area contributed by atoms with E-state index in [0.717, 1.165) is 5.56 Å². The Bertz CT molecular complexity index is 987. The zero-order valence-corrected chi connectivity index (χ0v) is 18.2. The van der Waals surface area contributed by atoms with E-state index in [1.807, 2.05) is 52.0 Å². The number of aryl methyl sites for hydroxylation is 1. The molecule has 0 atom stereocenters.